The molecule has 0 amide bonds. The first-order valence-corrected chi connectivity index (χ1v) is 9.78. The Morgan fingerprint density at radius 1 is 1.11 bits per heavy atom. The summed E-state index contributed by atoms with van der Waals surface area (Å²) in [6.45, 7) is 1.48. The van der Waals surface area contributed by atoms with E-state index in [1.165, 1.54) is 11.3 Å². The molecular formula is C21H16N6S. The zero-order valence-corrected chi connectivity index (χ0v) is 15.8. The van der Waals surface area contributed by atoms with Gasteiger partial charge in [0.05, 0.1) is 17.6 Å². The molecule has 5 rings (SSSR count). The Morgan fingerprint density at radius 3 is 2.75 bits per heavy atom. The standard InChI is InChI=1S/C21H16N6S/c22-11-16-14-7-10-27(12-18(14)28-19(16)23)21-15-3-1-2-4-17(15)25-20(26-21)13-5-8-24-9-6-13/h1-6,8-9H,7,10,12,23H2. The van der Waals surface area contributed by atoms with Crippen LogP contribution in [0.4, 0.5) is 10.8 Å². The van der Waals surface area contributed by atoms with E-state index in [4.69, 9.17) is 15.7 Å². The lowest BCUT2D eigenvalue weighted by molar-refractivity contribution is 0.735. The number of hydrogen-bond acceptors (Lipinski definition) is 7. The van der Waals surface area contributed by atoms with Gasteiger partial charge in [0, 0.05) is 34.8 Å². The maximum atomic E-state index is 9.39. The average Bonchev–Trinajstić information content (AvgIpc) is 3.07. The topological polar surface area (TPSA) is 91.7 Å². The van der Waals surface area contributed by atoms with Gasteiger partial charge in [-0.1, -0.05) is 12.1 Å². The largest absolute Gasteiger partial charge is 0.389 e. The van der Waals surface area contributed by atoms with Crippen molar-refractivity contribution in [1.29, 1.82) is 5.26 Å². The van der Waals surface area contributed by atoms with Crippen molar-refractivity contribution in [3.05, 3.63) is 64.8 Å². The second kappa shape index (κ2) is 6.59. The second-order valence-electron chi connectivity index (χ2n) is 6.65. The summed E-state index contributed by atoms with van der Waals surface area (Å²) in [5, 5.41) is 11.0. The number of nitrogens with two attached hydrogens (primary N) is 1. The fourth-order valence-electron chi connectivity index (χ4n) is 3.66. The van der Waals surface area contributed by atoms with E-state index in [0.717, 1.165) is 45.7 Å². The van der Waals surface area contributed by atoms with E-state index in [1.54, 1.807) is 12.4 Å². The minimum absolute atomic E-state index is 0.611. The summed E-state index contributed by atoms with van der Waals surface area (Å²) in [4.78, 5) is 17.2. The first-order chi connectivity index (χ1) is 13.7. The summed E-state index contributed by atoms with van der Waals surface area (Å²) in [5.74, 6) is 1.60. The van der Waals surface area contributed by atoms with E-state index >= 15 is 0 Å². The number of pyridine rings is 1. The Bertz CT molecular complexity index is 1230. The zero-order valence-electron chi connectivity index (χ0n) is 15.0. The maximum Gasteiger partial charge on any atom is 0.162 e. The molecule has 1 aromatic carbocycles. The summed E-state index contributed by atoms with van der Waals surface area (Å²) < 4.78 is 0. The van der Waals surface area contributed by atoms with Gasteiger partial charge in [-0.2, -0.15) is 5.26 Å². The van der Waals surface area contributed by atoms with Crippen LogP contribution in [0, 0.1) is 11.3 Å². The van der Waals surface area contributed by atoms with Crippen molar-refractivity contribution in [2.45, 2.75) is 13.0 Å². The van der Waals surface area contributed by atoms with Gasteiger partial charge in [-0.15, -0.1) is 11.3 Å². The predicted molar refractivity (Wildman–Crippen MR) is 111 cm³/mol. The van der Waals surface area contributed by atoms with Crippen LogP contribution in [0.3, 0.4) is 0 Å². The molecule has 0 radical (unpaired) electrons. The first kappa shape index (κ1) is 16.7. The SMILES string of the molecule is N#Cc1c(N)sc2c1CCN(c1nc(-c3ccncc3)nc3ccccc13)C2. The van der Waals surface area contributed by atoms with Gasteiger partial charge in [0.25, 0.3) is 0 Å². The van der Waals surface area contributed by atoms with Crippen molar-refractivity contribution in [2.24, 2.45) is 0 Å². The van der Waals surface area contributed by atoms with Crippen LogP contribution in [0.25, 0.3) is 22.3 Å². The van der Waals surface area contributed by atoms with Crippen molar-refractivity contribution in [3.63, 3.8) is 0 Å². The van der Waals surface area contributed by atoms with Gasteiger partial charge >= 0.3 is 0 Å². The highest BCUT2D eigenvalue weighted by Gasteiger charge is 2.25. The minimum Gasteiger partial charge on any atom is -0.389 e. The van der Waals surface area contributed by atoms with Gasteiger partial charge in [0.15, 0.2) is 5.82 Å². The van der Waals surface area contributed by atoms with E-state index in [-0.39, 0.29) is 0 Å². The first-order valence-electron chi connectivity index (χ1n) is 8.97. The summed E-state index contributed by atoms with van der Waals surface area (Å²) in [7, 11) is 0. The van der Waals surface area contributed by atoms with Gasteiger partial charge < -0.3 is 10.6 Å². The molecule has 4 aromatic rings. The Morgan fingerprint density at radius 2 is 1.93 bits per heavy atom. The molecule has 2 N–H and O–H groups in total. The van der Waals surface area contributed by atoms with Crippen LogP contribution >= 0.6 is 11.3 Å². The Balaban J connectivity index is 1.63. The summed E-state index contributed by atoms with van der Waals surface area (Å²) in [6.07, 6.45) is 4.28. The number of benzene rings is 1. The third-order valence-electron chi connectivity index (χ3n) is 5.02. The molecule has 7 heteroatoms. The molecule has 3 aromatic heterocycles. The van der Waals surface area contributed by atoms with Crippen molar-refractivity contribution in [3.8, 4) is 17.5 Å². The van der Waals surface area contributed by atoms with Crippen LogP contribution < -0.4 is 10.6 Å². The zero-order chi connectivity index (χ0) is 19.1. The number of nitriles is 1. The third-order valence-corrected chi connectivity index (χ3v) is 6.06. The highest BCUT2D eigenvalue weighted by Crippen LogP contribution is 2.37. The van der Waals surface area contributed by atoms with E-state index in [1.807, 2.05) is 30.3 Å². The highest BCUT2D eigenvalue weighted by molar-refractivity contribution is 7.16. The molecule has 0 unspecified atom stereocenters. The van der Waals surface area contributed by atoms with Crippen LogP contribution in [0.1, 0.15) is 16.0 Å². The lowest BCUT2D eigenvalue weighted by Crippen LogP contribution is -2.30. The molecule has 4 heterocycles. The molecule has 0 atom stereocenters. The van der Waals surface area contributed by atoms with Gasteiger partial charge in [-0.3, -0.25) is 4.98 Å². The quantitative estimate of drug-likeness (QED) is 0.566. The maximum absolute atomic E-state index is 9.39. The number of fused-ring (bicyclic) bond motifs is 2. The minimum atomic E-state index is 0.611. The van der Waals surface area contributed by atoms with Crippen LogP contribution in [-0.4, -0.2) is 21.5 Å². The summed E-state index contributed by atoms with van der Waals surface area (Å²) in [6, 6.07) is 14.2. The fourth-order valence-corrected chi connectivity index (χ4v) is 4.74. The number of anilines is 2. The predicted octanol–water partition coefficient (Wildman–Crippen LogP) is 3.77. The number of para-hydroxylation sites is 1. The number of aromatic nitrogens is 3. The van der Waals surface area contributed by atoms with Gasteiger partial charge in [-0.25, -0.2) is 9.97 Å². The normalized spacial score (nSPS) is 13.3. The molecule has 136 valence electrons. The smallest absolute Gasteiger partial charge is 0.162 e. The van der Waals surface area contributed by atoms with E-state index < -0.39 is 0 Å². The molecule has 28 heavy (non-hydrogen) atoms. The number of rotatable bonds is 2. The van der Waals surface area contributed by atoms with Crippen LogP contribution in [-0.2, 0) is 13.0 Å². The molecular weight excluding hydrogens is 368 g/mol. The average molecular weight is 384 g/mol. The third kappa shape index (κ3) is 2.66. The molecule has 0 bridgehead atoms. The molecule has 1 aliphatic rings. The van der Waals surface area contributed by atoms with E-state index in [2.05, 4.69) is 22.0 Å². The van der Waals surface area contributed by atoms with E-state index in [9.17, 15) is 5.26 Å². The van der Waals surface area contributed by atoms with Crippen LogP contribution in [0.2, 0.25) is 0 Å². The van der Waals surface area contributed by atoms with Gasteiger partial charge in [0.2, 0.25) is 0 Å². The van der Waals surface area contributed by atoms with Crippen molar-refractivity contribution in [2.75, 3.05) is 17.2 Å². The second-order valence-corrected chi connectivity index (χ2v) is 7.79. The van der Waals surface area contributed by atoms with Gasteiger partial charge in [-0.05, 0) is 36.2 Å². The molecule has 6 nitrogen and oxygen atoms in total. The number of hydrogen-bond donors (Lipinski definition) is 1. The summed E-state index contributed by atoms with van der Waals surface area (Å²) in [5.41, 5.74) is 9.63. The van der Waals surface area contributed by atoms with Crippen LogP contribution in [0.15, 0.2) is 48.8 Å². The Hall–Kier alpha value is -3.50. The Kier molecular flexibility index (Phi) is 3.92. The monoisotopic (exact) mass is 384 g/mol. The van der Waals surface area contributed by atoms with E-state index in [0.29, 0.717) is 22.9 Å². The van der Waals surface area contributed by atoms with Crippen molar-refractivity contribution < 1.29 is 0 Å². The molecule has 1 aliphatic heterocycles. The number of nitrogens with zero attached hydrogens (tertiary/aromatic N) is 5. The van der Waals surface area contributed by atoms with Crippen molar-refractivity contribution >= 4 is 33.1 Å². The Labute approximate surface area is 165 Å². The molecule has 0 spiro atoms. The number of nitrogen functional groups attached to an aromatic ring is 1. The van der Waals surface area contributed by atoms with Gasteiger partial charge in [0.1, 0.15) is 16.9 Å². The summed E-state index contributed by atoms with van der Waals surface area (Å²) >= 11 is 1.51. The lowest BCUT2D eigenvalue weighted by Gasteiger charge is -2.29. The lowest BCUT2D eigenvalue weighted by atomic mass is 10.0. The molecule has 0 saturated carbocycles. The van der Waals surface area contributed by atoms with Crippen molar-refractivity contribution in [1.82, 2.24) is 15.0 Å². The fraction of sp³-hybridized carbons (Fsp3) is 0.143. The number of thiophene rings is 1. The van der Waals surface area contributed by atoms with Crippen LogP contribution in [0.5, 0.6) is 0 Å². The molecule has 0 fully saturated rings. The molecule has 0 aliphatic carbocycles. The molecule has 0 saturated heterocycles. The highest BCUT2D eigenvalue weighted by atomic mass is 32.1.